The van der Waals surface area contributed by atoms with E-state index in [0.29, 0.717) is 6.07 Å². The van der Waals surface area contributed by atoms with Crippen LogP contribution in [0, 0.1) is 11.6 Å². The van der Waals surface area contributed by atoms with E-state index < -0.39 is 24.4 Å². The van der Waals surface area contributed by atoms with Crippen molar-refractivity contribution in [3.8, 4) is 0 Å². The molecule has 6 heteroatoms. The third kappa shape index (κ3) is 3.18. The van der Waals surface area contributed by atoms with Crippen LogP contribution in [0.1, 0.15) is 1.43 Å². The van der Waals surface area contributed by atoms with Gasteiger partial charge in [-0.05, 0) is 6.07 Å². The number of hydrogen-bond donors (Lipinski definition) is 0. The molecule has 0 N–H and O–H groups in total. The summed E-state index contributed by atoms with van der Waals surface area (Å²) in [6.07, 6.45) is 0. The molecule has 0 radical (unpaired) electrons. The fourth-order valence-corrected chi connectivity index (χ4v) is 0.678. The summed E-state index contributed by atoms with van der Waals surface area (Å²) in [5.74, 6) is -2.06. The molecule has 0 aromatic heterocycles. The maximum atomic E-state index is 12.4. The Hall–Kier alpha value is 0.641. The third-order valence-electron chi connectivity index (χ3n) is 1.20. The molecular weight excluding hydrogens is 198 g/mol. The largest absolute Gasteiger partial charge is 1.00 e. The van der Waals surface area contributed by atoms with E-state index in [2.05, 4.69) is 0 Å². The Morgan fingerprint density at radius 3 is 2.17 bits per heavy atom. The molecule has 0 amide bonds. The average molecular weight is 202 g/mol. The summed E-state index contributed by atoms with van der Waals surface area (Å²) in [5, 5.41) is 0. The van der Waals surface area contributed by atoms with E-state index in [0.717, 1.165) is 12.1 Å². The van der Waals surface area contributed by atoms with Gasteiger partial charge >= 0.3 is 58.7 Å². The van der Waals surface area contributed by atoms with Crippen LogP contribution in [0.25, 0.3) is 0 Å². The summed E-state index contributed by atoms with van der Waals surface area (Å²) in [4.78, 5) is 0. The Morgan fingerprint density at radius 2 is 1.75 bits per heavy atom. The van der Waals surface area contributed by atoms with Crippen molar-refractivity contribution in [2.24, 2.45) is 0 Å². The van der Waals surface area contributed by atoms with Gasteiger partial charge in [-0.2, -0.15) is 0 Å². The SMILES string of the molecule is FB(F)c1ccc(F)cc1F.[H-].[K+]. The minimum absolute atomic E-state index is 0. The predicted molar refractivity (Wildman–Crippen MR) is 35.1 cm³/mol. The fourth-order valence-electron chi connectivity index (χ4n) is 0.678. The molecule has 0 aliphatic heterocycles. The van der Waals surface area contributed by atoms with Crippen molar-refractivity contribution in [1.82, 2.24) is 0 Å². The Morgan fingerprint density at radius 1 is 1.17 bits per heavy atom. The third-order valence-corrected chi connectivity index (χ3v) is 1.20. The summed E-state index contributed by atoms with van der Waals surface area (Å²) in [5.41, 5.74) is -0.772. The first-order chi connectivity index (χ1) is 5.11. The first-order valence-electron chi connectivity index (χ1n) is 2.84. The summed E-state index contributed by atoms with van der Waals surface area (Å²) in [6.45, 7) is 0. The number of hydrogen-bond acceptors (Lipinski definition) is 0. The fraction of sp³-hybridized carbons (Fsp3) is 0. The second-order valence-electron chi connectivity index (χ2n) is 1.97. The summed E-state index contributed by atoms with van der Waals surface area (Å²) >= 11 is 0. The monoisotopic (exact) mass is 202 g/mol. The smallest absolute Gasteiger partial charge is 1.00 e. The minimum Gasteiger partial charge on any atom is -1.00 e. The standard InChI is InChI=1S/C6H3BF4.K.H/c8-4-1-2-5(7(10)11)6(9)3-4;;/h1-3H;;/q;+1;-1. The van der Waals surface area contributed by atoms with Gasteiger partial charge in [0.05, 0.1) is 0 Å². The van der Waals surface area contributed by atoms with E-state index >= 15 is 0 Å². The molecule has 0 fully saturated rings. The van der Waals surface area contributed by atoms with Gasteiger partial charge in [0, 0.05) is 11.5 Å². The molecule has 0 aliphatic rings. The molecule has 0 aliphatic carbocycles. The molecule has 0 saturated carbocycles. The zero-order valence-electron chi connectivity index (χ0n) is 7.32. The van der Waals surface area contributed by atoms with E-state index in [1.807, 2.05) is 0 Å². The van der Waals surface area contributed by atoms with Gasteiger partial charge in [-0.1, -0.05) is 6.07 Å². The van der Waals surface area contributed by atoms with Crippen LogP contribution in [0.3, 0.4) is 0 Å². The van der Waals surface area contributed by atoms with Gasteiger partial charge in [-0.15, -0.1) is 0 Å². The predicted octanol–water partition coefficient (Wildman–Crippen LogP) is -1.28. The van der Waals surface area contributed by atoms with Crippen LogP contribution in [0.4, 0.5) is 17.4 Å². The van der Waals surface area contributed by atoms with Crippen LogP contribution < -0.4 is 56.8 Å². The Kier molecular flexibility index (Phi) is 5.68. The van der Waals surface area contributed by atoms with E-state index in [4.69, 9.17) is 0 Å². The Balaban J connectivity index is 0. The first-order valence-corrected chi connectivity index (χ1v) is 2.84. The summed E-state index contributed by atoms with van der Waals surface area (Å²) in [6, 6.07) is 1.96. The van der Waals surface area contributed by atoms with Crippen LogP contribution in [0.5, 0.6) is 0 Å². The van der Waals surface area contributed by atoms with Gasteiger partial charge in [0.1, 0.15) is 11.6 Å². The average Bonchev–Trinajstić information content (AvgIpc) is 1.85. The number of halogens is 4. The molecule has 0 unspecified atom stereocenters. The number of rotatable bonds is 1. The molecule has 0 nitrogen and oxygen atoms in total. The van der Waals surface area contributed by atoms with Crippen molar-refractivity contribution < 1.29 is 70.2 Å². The zero-order chi connectivity index (χ0) is 8.43. The maximum absolute atomic E-state index is 12.4. The van der Waals surface area contributed by atoms with Crippen molar-refractivity contribution in [2.45, 2.75) is 0 Å². The van der Waals surface area contributed by atoms with Crippen molar-refractivity contribution >= 4 is 12.7 Å². The van der Waals surface area contributed by atoms with Gasteiger partial charge in [-0.25, -0.2) is 8.78 Å². The molecule has 60 valence electrons. The molecule has 1 aromatic carbocycles. The van der Waals surface area contributed by atoms with Crippen molar-refractivity contribution in [3.05, 3.63) is 29.8 Å². The van der Waals surface area contributed by atoms with Crippen molar-refractivity contribution in [3.63, 3.8) is 0 Å². The molecule has 12 heavy (non-hydrogen) atoms. The topological polar surface area (TPSA) is 0 Å². The van der Waals surface area contributed by atoms with Crippen molar-refractivity contribution in [2.75, 3.05) is 0 Å². The molecule has 0 bridgehead atoms. The summed E-state index contributed by atoms with van der Waals surface area (Å²) in [7, 11) is -2.89. The molecule has 1 aromatic rings. The van der Waals surface area contributed by atoms with Crippen LogP contribution in [0.15, 0.2) is 18.2 Å². The zero-order valence-corrected chi connectivity index (χ0v) is 9.44. The molecule has 0 saturated heterocycles. The van der Waals surface area contributed by atoms with Crippen LogP contribution in [-0.4, -0.2) is 7.27 Å². The van der Waals surface area contributed by atoms with E-state index in [-0.39, 0.29) is 52.8 Å². The quantitative estimate of drug-likeness (QED) is 0.393. The van der Waals surface area contributed by atoms with Crippen LogP contribution >= 0.6 is 0 Å². The summed E-state index contributed by atoms with van der Waals surface area (Å²) < 4.78 is 48.1. The molecule has 0 atom stereocenters. The van der Waals surface area contributed by atoms with E-state index in [1.54, 1.807) is 0 Å². The van der Waals surface area contributed by atoms with Gasteiger partial charge in [0.25, 0.3) is 0 Å². The van der Waals surface area contributed by atoms with Gasteiger partial charge in [0.15, 0.2) is 0 Å². The van der Waals surface area contributed by atoms with Crippen LogP contribution in [0.2, 0.25) is 0 Å². The minimum atomic E-state index is -2.89. The van der Waals surface area contributed by atoms with E-state index in [1.165, 1.54) is 0 Å². The van der Waals surface area contributed by atoms with Crippen LogP contribution in [-0.2, 0) is 0 Å². The normalized spacial score (nSPS) is 9.00. The Bertz CT molecular complexity index is 271. The maximum Gasteiger partial charge on any atom is 1.00 e. The second-order valence-corrected chi connectivity index (χ2v) is 1.97. The Labute approximate surface area is 111 Å². The molecular formula is C6H4BF4K. The molecule has 0 spiro atoms. The van der Waals surface area contributed by atoms with E-state index in [9.17, 15) is 17.4 Å². The van der Waals surface area contributed by atoms with Gasteiger partial charge < -0.3 is 1.43 Å². The van der Waals surface area contributed by atoms with Gasteiger partial charge in [-0.3, -0.25) is 8.63 Å². The van der Waals surface area contributed by atoms with Gasteiger partial charge in [0.2, 0.25) is 0 Å². The number of benzene rings is 1. The molecule has 1 rings (SSSR count). The second kappa shape index (κ2) is 5.39. The first kappa shape index (κ1) is 12.6. The van der Waals surface area contributed by atoms with Crippen molar-refractivity contribution in [1.29, 1.82) is 0 Å². The molecule has 0 heterocycles.